The number of esters is 9. The molecule has 0 aliphatic heterocycles. The molecule has 0 saturated carbocycles. The number of amides is 2. The first kappa shape index (κ1) is 136. The average Bonchev–Trinajstić information content (AvgIpc) is 0.842. The minimum Gasteiger partial charge on any atom is -0.432 e. The average molecular weight is 2090 g/mol. The van der Waals surface area contributed by atoms with Gasteiger partial charge in [0.05, 0.1) is 88.2 Å². The molecule has 8 aromatic rings. The van der Waals surface area contributed by atoms with E-state index >= 15 is 0 Å². The molecule has 2 amide bonds. The van der Waals surface area contributed by atoms with Crippen molar-refractivity contribution in [3.05, 3.63) is 282 Å². The van der Waals surface area contributed by atoms with Crippen LogP contribution < -0.4 is 10.6 Å². The number of aryl methyl sites for hydroxylation is 8. The van der Waals surface area contributed by atoms with Crippen LogP contribution in [0, 0.1) is 55.4 Å². The van der Waals surface area contributed by atoms with Gasteiger partial charge in [-0.1, -0.05) is 129 Å². The predicted molar refractivity (Wildman–Crippen MR) is 579 cm³/mol. The molecule has 8 rings (SSSR count). The first-order valence-electron chi connectivity index (χ1n) is 51.4. The number of ether oxygens (including phenoxy) is 18. The van der Waals surface area contributed by atoms with Crippen LogP contribution in [0.5, 0.6) is 0 Å². The molecule has 0 heterocycles. The van der Waals surface area contributed by atoms with E-state index in [1.165, 1.54) is 23.8 Å². The van der Waals surface area contributed by atoms with E-state index in [2.05, 4.69) is 31.4 Å². The lowest BCUT2D eigenvalue weighted by molar-refractivity contribution is -0.121. The SMILES string of the molecule is CCCCOC(C)OC(=O)c1cc(C)cc(C(=O)OC(C)OCCCC)c1.CCCCOC(C)OC(=O)c1ccc(C)cc1.CCOC(C)OC(=O)c1cc(C)cc(C(=O)OC(C)OCC)c1.CCOC(C)OC(=O)c1ccc(C)cc1.Cc1cc(C(=O)OC(C)OC(C)C)cc(C(=O)OC(C)OC(C)C)c1.Cc1ccc(C(=O)NC(C)(C)C)cc1.Cc1ccc(C(=O)NC(C)C)cc1.Cc1ccc(C(=O)OC(C)OC(C)C)cc1. The topological polar surface area (TPSA) is 378 Å². The molecule has 0 fully saturated rings. The van der Waals surface area contributed by atoms with Crippen LogP contribution >= 0.6 is 0 Å². The van der Waals surface area contributed by atoms with Crippen LogP contribution in [0.3, 0.4) is 0 Å². The zero-order valence-electron chi connectivity index (χ0n) is 95.1. The van der Waals surface area contributed by atoms with E-state index in [0.717, 1.165) is 83.0 Å². The van der Waals surface area contributed by atoms with Gasteiger partial charge in [-0.2, -0.15) is 0 Å². The summed E-state index contributed by atoms with van der Waals surface area (Å²) in [7, 11) is 0. The van der Waals surface area contributed by atoms with Crippen LogP contribution in [0.1, 0.15) is 377 Å². The van der Waals surface area contributed by atoms with E-state index in [-0.39, 0.29) is 93.0 Å². The maximum Gasteiger partial charge on any atom is 0.340 e. The monoisotopic (exact) mass is 2090 g/mol. The van der Waals surface area contributed by atoms with E-state index in [4.69, 9.17) is 85.3 Å². The van der Waals surface area contributed by atoms with Crippen LogP contribution in [-0.4, -0.2) is 192 Å². The molecule has 9 atom stereocenters. The Bertz CT molecular complexity index is 5140. The Morgan fingerprint density at radius 1 is 0.227 bits per heavy atom. The number of carbonyl (C=O) groups excluding carboxylic acids is 11. The summed E-state index contributed by atoms with van der Waals surface area (Å²) in [6.45, 7) is 66.2. The number of carbonyl (C=O) groups is 11. The van der Waals surface area contributed by atoms with Crippen molar-refractivity contribution in [2.45, 2.75) is 360 Å². The smallest absolute Gasteiger partial charge is 0.340 e. The Balaban J connectivity index is 0.000000868. The molecule has 0 saturated heterocycles. The molecule has 830 valence electrons. The summed E-state index contributed by atoms with van der Waals surface area (Å²) < 4.78 is 94.4. The van der Waals surface area contributed by atoms with Crippen molar-refractivity contribution in [2.75, 3.05) is 39.6 Å². The van der Waals surface area contributed by atoms with Gasteiger partial charge in [-0.05, 0) is 366 Å². The Morgan fingerprint density at radius 3 is 0.587 bits per heavy atom. The highest BCUT2D eigenvalue weighted by atomic mass is 16.7. The van der Waals surface area contributed by atoms with E-state index in [1.54, 1.807) is 156 Å². The second kappa shape index (κ2) is 74.5. The van der Waals surface area contributed by atoms with Crippen molar-refractivity contribution in [1.82, 2.24) is 10.6 Å². The number of unbranched alkanes of at least 4 members (excludes halogenated alkanes) is 3. The molecule has 0 spiro atoms. The number of benzene rings is 8. The molecule has 2 N–H and O–H groups in total. The minimum atomic E-state index is -0.678. The third-order valence-corrected chi connectivity index (χ3v) is 19.6. The van der Waals surface area contributed by atoms with Gasteiger partial charge in [0, 0.05) is 42.5 Å². The number of nitrogens with one attached hydrogen (secondary N) is 2. The summed E-state index contributed by atoms with van der Waals surface area (Å²) in [5, 5.41) is 5.76. The fourth-order valence-electron chi connectivity index (χ4n) is 12.6. The molecule has 31 nitrogen and oxygen atoms in total. The van der Waals surface area contributed by atoms with Gasteiger partial charge in [-0.15, -0.1) is 0 Å². The molecule has 0 aliphatic carbocycles. The first-order valence-corrected chi connectivity index (χ1v) is 51.4. The van der Waals surface area contributed by atoms with Crippen LogP contribution in [0.4, 0.5) is 0 Å². The fourth-order valence-corrected chi connectivity index (χ4v) is 12.6. The molecule has 0 aliphatic rings. The summed E-state index contributed by atoms with van der Waals surface area (Å²) in [4.78, 5) is 131. The Hall–Kier alpha value is -12.4. The fraction of sp³-hybridized carbons (Fsp3) is 0.504. The van der Waals surface area contributed by atoms with Gasteiger partial charge in [-0.3, -0.25) is 9.59 Å². The van der Waals surface area contributed by atoms with Crippen molar-refractivity contribution in [3.63, 3.8) is 0 Å². The molecule has 9 unspecified atom stereocenters. The molecule has 31 heteroatoms. The second-order valence-electron chi connectivity index (χ2n) is 37.3. The van der Waals surface area contributed by atoms with Gasteiger partial charge in [0.1, 0.15) is 0 Å². The van der Waals surface area contributed by atoms with E-state index in [1.807, 2.05) is 216 Å². The summed E-state index contributed by atoms with van der Waals surface area (Å²) >= 11 is 0. The zero-order valence-corrected chi connectivity index (χ0v) is 95.1. The molecule has 0 bridgehead atoms. The molecular weight excluding hydrogens is 1920 g/mol. The van der Waals surface area contributed by atoms with Crippen molar-refractivity contribution in [2.24, 2.45) is 0 Å². The molecule has 0 aromatic heterocycles. The third kappa shape index (κ3) is 62.3. The van der Waals surface area contributed by atoms with E-state index < -0.39 is 92.4 Å². The van der Waals surface area contributed by atoms with Crippen LogP contribution in [-0.2, 0) is 85.3 Å². The molecule has 8 aromatic carbocycles. The number of hydrogen-bond donors (Lipinski definition) is 2. The second-order valence-corrected chi connectivity index (χ2v) is 37.3. The summed E-state index contributed by atoms with van der Waals surface area (Å²) in [6.07, 6.45) is 0.324. The molecule has 150 heavy (non-hydrogen) atoms. The highest BCUT2D eigenvalue weighted by molar-refractivity contribution is 5.99. The first-order chi connectivity index (χ1) is 70.5. The summed E-state index contributed by atoms with van der Waals surface area (Å²) in [6, 6.07) is 51.4. The van der Waals surface area contributed by atoms with Gasteiger partial charge < -0.3 is 95.9 Å². The Labute approximate surface area is 891 Å². The van der Waals surface area contributed by atoms with Crippen molar-refractivity contribution < 1.29 is 138 Å². The minimum absolute atomic E-state index is 0.00463. The number of hydrogen-bond acceptors (Lipinski definition) is 29. The highest BCUT2D eigenvalue weighted by Crippen LogP contribution is 2.22. The summed E-state index contributed by atoms with van der Waals surface area (Å²) in [5.74, 6) is -4.36. The van der Waals surface area contributed by atoms with Crippen molar-refractivity contribution >= 4 is 65.5 Å². The Morgan fingerprint density at radius 2 is 0.407 bits per heavy atom. The maximum absolute atomic E-state index is 12.3. The van der Waals surface area contributed by atoms with Gasteiger partial charge >= 0.3 is 53.7 Å². The van der Waals surface area contributed by atoms with Gasteiger partial charge in [-0.25, -0.2) is 43.2 Å². The highest BCUT2D eigenvalue weighted by Gasteiger charge is 2.25. The van der Waals surface area contributed by atoms with Crippen molar-refractivity contribution in [3.8, 4) is 0 Å². The lowest BCUT2D eigenvalue weighted by Gasteiger charge is -2.20. The normalized spacial score (nSPS) is 12.5. The zero-order chi connectivity index (χ0) is 113. The standard InChI is InChI=1S/C21H32O6.C19H28O6.C17H24O6.C14H20O3.C13H18O3.C12H17NO.C12H16O3.C11H15NO/c1-6-8-10-24-16(4)26-20(22)18-12-15(3)13-19(14-18)21(23)27-17(5)25-11-9-7-2;1-11(2)22-14(6)24-18(20)16-8-13(5)9-17(10-16)19(21)25-15(7)23-12(3)4;1-6-20-12(4)22-16(18)14-8-11(3)9-15(10-14)17(19)23-13(5)21-7-2;1-4-5-10-16-12(3)17-14(15)13-8-6-11(2)7-9-13;1-9(2)15-11(4)16-13(14)12-7-5-10(3)6-8-12;1-9-5-7-10(8-6-9)11(14)13-12(2,3)4;1-4-14-10(3)15-12(13)11-7-5-9(2)6-8-11;1-8(2)12-11(13)10-6-4-9(3)5-7-10/h12-14,16-17H,6-11H2,1-5H3;8-12,14-15H,1-7H3;8-10,12-13H,6-7H2,1-5H3;6-9,12H,4-5,10H2,1-3H3;5-9,11H,1-4H3;5-8H,1-4H3,(H,13,14);5-8,10H,4H2,1-3H3;4-8H,1-3H3,(H,12,13). The predicted octanol–water partition coefficient (Wildman–Crippen LogP) is 25.0. The third-order valence-electron chi connectivity index (χ3n) is 19.6. The van der Waals surface area contributed by atoms with Crippen LogP contribution in [0.2, 0.25) is 0 Å². The van der Waals surface area contributed by atoms with Crippen LogP contribution in [0.15, 0.2) is 176 Å². The quantitative estimate of drug-likeness (QED) is 0.0155. The summed E-state index contributed by atoms with van der Waals surface area (Å²) in [5.41, 5.74) is 12.5. The largest absolute Gasteiger partial charge is 0.432 e. The molecular formula is C119H170N2O29. The number of rotatable bonds is 45. The van der Waals surface area contributed by atoms with Gasteiger partial charge in [0.2, 0.25) is 18.9 Å². The maximum atomic E-state index is 12.3. The molecule has 0 radical (unpaired) electrons. The van der Waals surface area contributed by atoms with Gasteiger partial charge in [0.15, 0.2) is 37.7 Å². The van der Waals surface area contributed by atoms with E-state index in [9.17, 15) is 52.7 Å². The Kier molecular flexibility index (Phi) is 67.3. The van der Waals surface area contributed by atoms with Gasteiger partial charge in [0.25, 0.3) is 11.8 Å². The lowest BCUT2D eigenvalue weighted by atomic mass is 10.1. The van der Waals surface area contributed by atoms with Crippen molar-refractivity contribution in [1.29, 1.82) is 0 Å². The van der Waals surface area contributed by atoms with E-state index in [0.29, 0.717) is 61.9 Å². The van der Waals surface area contributed by atoms with Crippen LogP contribution in [0.25, 0.3) is 0 Å². The lowest BCUT2D eigenvalue weighted by Crippen LogP contribution is -2.40.